The number of rotatable bonds is 2. The fourth-order valence-corrected chi connectivity index (χ4v) is 2.00. The summed E-state index contributed by atoms with van der Waals surface area (Å²) in [5.74, 6) is 7.23. The Balaban J connectivity index is 2.36. The minimum absolute atomic E-state index is 0.364. The zero-order valence-electron chi connectivity index (χ0n) is 9.88. The molecule has 0 amide bonds. The summed E-state index contributed by atoms with van der Waals surface area (Å²) in [5.41, 5.74) is 3.32. The Hall–Kier alpha value is -1.44. The van der Waals surface area contributed by atoms with Gasteiger partial charge in [-0.15, -0.1) is 0 Å². The topological polar surface area (TPSA) is 108 Å². The van der Waals surface area contributed by atoms with Gasteiger partial charge in [-0.25, -0.2) is 15.8 Å². The van der Waals surface area contributed by atoms with Crippen molar-refractivity contribution in [3.63, 3.8) is 0 Å². The van der Waals surface area contributed by atoms with E-state index in [1.54, 1.807) is 6.92 Å². The molecule has 2 heterocycles. The second kappa shape index (κ2) is 4.44. The second-order valence-corrected chi connectivity index (χ2v) is 4.25. The summed E-state index contributed by atoms with van der Waals surface area (Å²) in [5, 5.41) is 19.1. The van der Waals surface area contributed by atoms with Crippen LogP contribution in [0.25, 0.3) is 0 Å². The summed E-state index contributed by atoms with van der Waals surface area (Å²) >= 11 is 0. The molecular formula is C10H17N5O2. The maximum absolute atomic E-state index is 9.54. The molecule has 1 aromatic heterocycles. The van der Waals surface area contributed by atoms with Crippen LogP contribution < -0.4 is 16.2 Å². The van der Waals surface area contributed by atoms with Gasteiger partial charge in [0, 0.05) is 18.7 Å². The van der Waals surface area contributed by atoms with Crippen LogP contribution in [-0.2, 0) is 0 Å². The Morgan fingerprint density at radius 1 is 1.24 bits per heavy atom. The van der Waals surface area contributed by atoms with Gasteiger partial charge in [0.05, 0.1) is 12.2 Å². The minimum Gasteiger partial charge on any atom is -0.389 e. The van der Waals surface area contributed by atoms with E-state index in [0.717, 1.165) is 5.56 Å². The molecule has 2 atom stereocenters. The predicted molar refractivity (Wildman–Crippen MR) is 63.5 cm³/mol. The van der Waals surface area contributed by atoms with Gasteiger partial charge in [0.1, 0.15) is 17.5 Å². The van der Waals surface area contributed by atoms with Crippen molar-refractivity contribution < 1.29 is 10.2 Å². The summed E-state index contributed by atoms with van der Waals surface area (Å²) in [6.07, 6.45) is -1.47. The molecule has 1 aromatic rings. The van der Waals surface area contributed by atoms with Crippen LogP contribution in [0.4, 0.5) is 11.6 Å². The molecule has 0 saturated carbocycles. The second-order valence-electron chi connectivity index (χ2n) is 4.25. The SMILES string of the molecule is Cc1nc(NN)c(C)c(N2CC(O)C(O)C2)n1. The maximum Gasteiger partial charge on any atom is 0.148 e. The number of nitrogen functional groups attached to an aromatic ring is 1. The molecule has 0 radical (unpaired) electrons. The van der Waals surface area contributed by atoms with Crippen LogP contribution in [0.2, 0.25) is 0 Å². The number of β-amino-alcohol motifs (C(OH)–C–C–N with tert-alkyl or cyclic N) is 2. The number of aliphatic hydroxyl groups excluding tert-OH is 2. The van der Waals surface area contributed by atoms with E-state index in [0.29, 0.717) is 30.5 Å². The quantitative estimate of drug-likeness (QED) is 0.384. The molecule has 1 aliphatic rings. The average Bonchev–Trinajstić information content (AvgIpc) is 2.62. The Morgan fingerprint density at radius 2 is 1.82 bits per heavy atom. The molecule has 94 valence electrons. The average molecular weight is 239 g/mol. The van der Waals surface area contributed by atoms with Gasteiger partial charge in [0.15, 0.2) is 0 Å². The Bertz CT molecular complexity index is 415. The molecule has 0 aromatic carbocycles. The van der Waals surface area contributed by atoms with Gasteiger partial charge in [0.25, 0.3) is 0 Å². The van der Waals surface area contributed by atoms with E-state index in [2.05, 4.69) is 15.4 Å². The molecule has 0 spiro atoms. The monoisotopic (exact) mass is 239 g/mol. The van der Waals surface area contributed by atoms with Gasteiger partial charge < -0.3 is 20.5 Å². The van der Waals surface area contributed by atoms with E-state index in [9.17, 15) is 10.2 Å². The van der Waals surface area contributed by atoms with Gasteiger partial charge in [-0.3, -0.25) is 0 Å². The molecule has 1 aliphatic heterocycles. The minimum atomic E-state index is -0.737. The first-order chi connectivity index (χ1) is 8.02. The van der Waals surface area contributed by atoms with Gasteiger partial charge in [-0.05, 0) is 13.8 Å². The van der Waals surface area contributed by atoms with Crippen LogP contribution >= 0.6 is 0 Å². The number of nitrogens with one attached hydrogen (secondary N) is 1. The number of nitrogens with zero attached hydrogens (tertiary/aromatic N) is 3. The highest BCUT2D eigenvalue weighted by Crippen LogP contribution is 2.26. The van der Waals surface area contributed by atoms with Crippen molar-refractivity contribution in [2.45, 2.75) is 26.1 Å². The first-order valence-corrected chi connectivity index (χ1v) is 5.46. The van der Waals surface area contributed by atoms with Crippen molar-refractivity contribution in [2.24, 2.45) is 5.84 Å². The molecule has 7 heteroatoms. The van der Waals surface area contributed by atoms with Crippen LogP contribution in [0.5, 0.6) is 0 Å². The lowest BCUT2D eigenvalue weighted by Gasteiger charge is -2.20. The fourth-order valence-electron chi connectivity index (χ4n) is 2.00. The molecule has 7 nitrogen and oxygen atoms in total. The molecule has 5 N–H and O–H groups in total. The predicted octanol–water partition coefficient (Wildman–Crippen LogP) is -1.08. The third kappa shape index (κ3) is 2.17. The Labute approximate surface area is 99.3 Å². The molecule has 1 saturated heterocycles. The number of nitrogens with two attached hydrogens (primary N) is 1. The third-order valence-corrected chi connectivity index (χ3v) is 2.93. The van der Waals surface area contributed by atoms with E-state index in [1.165, 1.54) is 0 Å². The third-order valence-electron chi connectivity index (χ3n) is 2.93. The van der Waals surface area contributed by atoms with E-state index < -0.39 is 12.2 Å². The van der Waals surface area contributed by atoms with E-state index in [4.69, 9.17) is 5.84 Å². The summed E-state index contributed by atoms with van der Waals surface area (Å²) in [4.78, 5) is 10.3. The highest BCUT2D eigenvalue weighted by molar-refractivity contribution is 5.58. The summed E-state index contributed by atoms with van der Waals surface area (Å²) in [6, 6.07) is 0. The van der Waals surface area contributed by atoms with Crippen molar-refractivity contribution >= 4 is 11.6 Å². The number of aliphatic hydroxyl groups is 2. The number of aryl methyl sites for hydroxylation is 1. The standard InChI is InChI=1S/C10H17N5O2/c1-5-9(14-11)12-6(2)13-10(5)15-3-7(16)8(17)4-15/h7-8,16-17H,3-4,11H2,1-2H3,(H,12,13,14). The van der Waals surface area contributed by atoms with Gasteiger partial charge in [-0.1, -0.05) is 0 Å². The number of hydrazine groups is 1. The van der Waals surface area contributed by atoms with E-state index in [-0.39, 0.29) is 0 Å². The van der Waals surface area contributed by atoms with Crippen molar-refractivity contribution in [1.29, 1.82) is 0 Å². The van der Waals surface area contributed by atoms with Crippen LogP contribution in [0, 0.1) is 13.8 Å². The Kier molecular flexibility index (Phi) is 3.14. The van der Waals surface area contributed by atoms with E-state index in [1.807, 2.05) is 11.8 Å². The largest absolute Gasteiger partial charge is 0.389 e. The van der Waals surface area contributed by atoms with Crippen LogP contribution in [0.1, 0.15) is 11.4 Å². The van der Waals surface area contributed by atoms with Crippen molar-refractivity contribution in [2.75, 3.05) is 23.4 Å². The first-order valence-electron chi connectivity index (χ1n) is 5.46. The van der Waals surface area contributed by atoms with Crippen LogP contribution in [0.3, 0.4) is 0 Å². The number of anilines is 2. The molecule has 0 bridgehead atoms. The summed E-state index contributed by atoms with van der Waals surface area (Å²) in [7, 11) is 0. The lowest BCUT2D eigenvalue weighted by atomic mass is 10.3. The number of hydrogen-bond acceptors (Lipinski definition) is 7. The highest BCUT2D eigenvalue weighted by atomic mass is 16.3. The van der Waals surface area contributed by atoms with Gasteiger partial charge in [0.2, 0.25) is 0 Å². The molecule has 1 fully saturated rings. The van der Waals surface area contributed by atoms with Crippen molar-refractivity contribution in [1.82, 2.24) is 9.97 Å². The Morgan fingerprint density at radius 3 is 2.35 bits per heavy atom. The maximum atomic E-state index is 9.54. The molecular weight excluding hydrogens is 222 g/mol. The molecule has 2 unspecified atom stereocenters. The number of aromatic nitrogens is 2. The zero-order chi connectivity index (χ0) is 12.6. The van der Waals surface area contributed by atoms with Crippen LogP contribution in [-0.4, -0.2) is 45.5 Å². The summed E-state index contributed by atoms with van der Waals surface area (Å²) in [6.45, 7) is 4.35. The highest BCUT2D eigenvalue weighted by Gasteiger charge is 2.31. The zero-order valence-corrected chi connectivity index (χ0v) is 9.88. The number of hydrogen-bond donors (Lipinski definition) is 4. The lowest BCUT2D eigenvalue weighted by Crippen LogP contribution is -2.25. The van der Waals surface area contributed by atoms with Crippen LogP contribution in [0.15, 0.2) is 0 Å². The fraction of sp³-hybridized carbons (Fsp3) is 0.600. The molecule has 0 aliphatic carbocycles. The van der Waals surface area contributed by atoms with Gasteiger partial charge in [-0.2, -0.15) is 0 Å². The van der Waals surface area contributed by atoms with Gasteiger partial charge >= 0.3 is 0 Å². The smallest absolute Gasteiger partial charge is 0.148 e. The lowest BCUT2D eigenvalue weighted by molar-refractivity contribution is 0.0572. The molecule has 2 rings (SSSR count). The molecule has 17 heavy (non-hydrogen) atoms. The van der Waals surface area contributed by atoms with Crippen molar-refractivity contribution in [3.8, 4) is 0 Å². The van der Waals surface area contributed by atoms with E-state index >= 15 is 0 Å². The summed E-state index contributed by atoms with van der Waals surface area (Å²) < 4.78 is 0. The van der Waals surface area contributed by atoms with Crippen molar-refractivity contribution in [3.05, 3.63) is 11.4 Å². The first kappa shape index (κ1) is 12.0. The normalized spacial score (nSPS) is 24.2.